The Balaban J connectivity index is 1.84. The molecule has 0 amide bonds. The lowest BCUT2D eigenvalue weighted by molar-refractivity contribution is 0.402. The van der Waals surface area contributed by atoms with Crippen molar-refractivity contribution in [2.45, 2.75) is 6.54 Å². The molecule has 0 radical (unpaired) electrons. The number of benzene rings is 2. The van der Waals surface area contributed by atoms with E-state index in [0.29, 0.717) is 17.8 Å². The van der Waals surface area contributed by atoms with E-state index in [1.807, 2.05) is 48.5 Å². The predicted molar refractivity (Wildman–Crippen MR) is 108 cm³/mol. The molecule has 7 nitrogen and oxygen atoms in total. The summed E-state index contributed by atoms with van der Waals surface area (Å²) in [4.78, 5) is 12.9. The van der Waals surface area contributed by atoms with E-state index >= 15 is 0 Å². The van der Waals surface area contributed by atoms with Crippen LogP contribution in [-0.4, -0.2) is 26.7 Å². The second-order valence-electron chi connectivity index (χ2n) is 6.31. The van der Waals surface area contributed by atoms with Gasteiger partial charge in [0.25, 0.3) is 5.43 Å². The second kappa shape index (κ2) is 7.82. The van der Waals surface area contributed by atoms with E-state index in [9.17, 15) is 10.1 Å². The van der Waals surface area contributed by atoms with Gasteiger partial charge in [0.15, 0.2) is 11.4 Å². The average Bonchev–Trinajstić information content (AvgIpc) is 3.25. The van der Waals surface area contributed by atoms with Crippen LogP contribution in [0.5, 0.6) is 5.75 Å². The molecule has 4 rings (SSSR count). The zero-order valence-electron chi connectivity index (χ0n) is 15.7. The third-order valence-electron chi connectivity index (χ3n) is 4.51. The van der Waals surface area contributed by atoms with Crippen molar-refractivity contribution in [3.63, 3.8) is 0 Å². The summed E-state index contributed by atoms with van der Waals surface area (Å²) in [6, 6.07) is 20.7. The fourth-order valence-electron chi connectivity index (χ4n) is 3.11. The van der Waals surface area contributed by atoms with Crippen LogP contribution in [0.2, 0.25) is 0 Å². The van der Waals surface area contributed by atoms with Gasteiger partial charge < -0.3 is 4.74 Å². The number of nitrogens with zero attached hydrogens (tertiary/aromatic N) is 5. The standard InChI is InChI=1S/C22H17N5O2/c1-29-20-15-26(14-17-8-6-5-7-16(17)13-23)25-21(22(20)28)19-11-12-24-27(19)18-9-3-2-4-10-18/h2-12,15H,14H2,1H3. The van der Waals surface area contributed by atoms with Crippen LogP contribution in [0, 0.1) is 11.3 Å². The molecule has 0 unspecified atom stereocenters. The minimum atomic E-state index is -0.324. The average molecular weight is 383 g/mol. The summed E-state index contributed by atoms with van der Waals surface area (Å²) in [5, 5.41) is 18.2. The minimum absolute atomic E-state index is 0.172. The number of aromatic nitrogens is 4. The van der Waals surface area contributed by atoms with E-state index in [-0.39, 0.29) is 16.9 Å². The van der Waals surface area contributed by atoms with E-state index in [1.54, 1.807) is 33.9 Å². The first-order chi connectivity index (χ1) is 14.2. The fourth-order valence-corrected chi connectivity index (χ4v) is 3.11. The number of ether oxygens (including phenoxy) is 1. The van der Waals surface area contributed by atoms with Crippen molar-refractivity contribution in [3.05, 3.63) is 94.4 Å². The molecule has 7 heteroatoms. The summed E-state index contributed by atoms with van der Waals surface area (Å²) >= 11 is 0. The number of methoxy groups -OCH3 is 1. The molecule has 4 aromatic rings. The molecule has 0 bridgehead atoms. The van der Waals surface area contributed by atoms with Gasteiger partial charge in [0.2, 0.25) is 0 Å². The largest absolute Gasteiger partial charge is 0.491 e. The van der Waals surface area contributed by atoms with Crippen molar-refractivity contribution in [2.75, 3.05) is 7.11 Å². The first kappa shape index (κ1) is 18.2. The molecule has 0 spiro atoms. The molecule has 29 heavy (non-hydrogen) atoms. The molecule has 0 aliphatic heterocycles. The smallest absolute Gasteiger partial charge is 0.251 e. The molecule has 2 heterocycles. The van der Waals surface area contributed by atoms with Gasteiger partial charge in [-0.3, -0.25) is 9.48 Å². The van der Waals surface area contributed by atoms with Gasteiger partial charge in [-0.2, -0.15) is 15.5 Å². The molecular weight excluding hydrogens is 366 g/mol. The van der Waals surface area contributed by atoms with Crippen LogP contribution < -0.4 is 10.2 Å². The molecule has 2 aromatic carbocycles. The van der Waals surface area contributed by atoms with Crippen LogP contribution in [0.25, 0.3) is 17.1 Å². The molecule has 0 aliphatic carbocycles. The monoisotopic (exact) mass is 383 g/mol. The lowest BCUT2D eigenvalue weighted by Gasteiger charge is -2.12. The summed E-state index contributed by atoms with van der Waals surface area (Å²) in [5.74, 6) is 0.172. The van der Waals surface area contributed by atoms with Crippen LogP contribution in [0.3, 0.4) is 0 Å². The summed E-state index contributed by atoms with van der Waals surface area (Å²) in [7, 11) is 1.45. The van der Waals surface area contributed by atoms with Gasteiger partial charge >= 0.3 is 0 Å². The van der Waals surface area contributed by atoms with Gasteiger partial charge in [-0.05, 0) is 29.8 Å². The van der Waals surface area contributed by atoms with E-state index in [0.717, 1.165) is 11.3 Å². The third-order valence-corrected chi connectivity index (χ3v) is 4.51. The van der Waals surface area contributed by atoms with Crippen LogP contribution in [-0.2, 0) is 6.54 Å². The van der Waals surface area contributed by atoms with Gasteiger partial charge in [-0.15, -0.1) is 0 Å². The van der Waals surface area contributed by atoms with Crippen molar-refractivity contribution in [2.24, 2.45) is 0 Å². The zero-order valence-corrected chi connectivity index (χ0v) is 15.7. The van der Waals surface area contributed by atoms with Crippen LogP contribution in [0.15, 0.2) is 77.9 Å². The number of para-hydroxylation sites is 1. The zero-order chi connectivity index (χ0) is 20.2. The van der Waals surface area contributed by atoms with E-state index in [2.05, 4.69) is 16.3 Å². The first-order valence-corrected chi connectivity index (χ1v) is 8.95. The highest BCUT2D eigenvalue weighted by Crippen LogP contribution is 2.20. The Morgan fingerprint density at radius 1 is 1.07 bits per heavy atom. The molecule has 0 N–H and O–H groups in total. The number of rotatable bonds is 5. The Morgan fingerprint density at radius 2 is 1.83 bits per heavy atom. The Bertz CT molecular complexity index is 1250. The minimum Gasteiger partial charge on any atom is -0.491 e. The number of nitriles is 1. The summed E-state index contributed by atoms with van der Waals surface area (Å²) in [6.07, 6.45) is 3.17. The number of hydrogen-bond donors (Lipinski definition) is 0. The molecule has 0 atom stereocenters. The molecule has 142 valence electrons. The maximum absolute atomic E-state index is 12.9. The van der Waals surface area contributed by atoms with Crippen molar-refractivity contribution >= 4 is 0 Å². The second-order valence-corrected chi connectivity index (χ2v) is 6.31. The van der Waals surface area contributed by atoms with E-state index < -0.39 is 0 Å². The van der Waals surface area contributed by atoms with Gasteiger partial charge in [-0.1, -0.05) is 36.4 Å². The highest BCUT2D eigenvalue weighted by molar-refractivity contribution is 5.58. The van der Waals surface area contributed by atoms with Gasteiger partial charge in [0, 0.05) is 0 Å². The van der Waals surface area contributed by atoms with Gasteiger partial charge in [-0.25, -0.2) is 4.68 Å². The van der Waals surface area contributed by atoms with Gasteiger partial charge in [0.05, 0.1) is 49.1 Å². The lowest BCUT2D eigenvalue weighted by atomic mass is 10.1. The molecule has 0 aliphatic rings. The fraction of sp³-hybridized carbons (Fsp3) is 0.0909. The Hall–Kier alpha value is -4.18. The molecule has 0 fully saturated rings. The molecule has 0 saturated heterocycles. The van der Waals surface area contributed by atoms with Crippen molar-refractivity contribution in [3.8, 4) is 28.9 Å². The Kier molecular flexibility index (Phi) is 4.91. The molecular formula is C22H17N5O2. The molecule has 0 saturated carbocycles. The van der Waals surface area contributed by atoms with Crippen molar-refractivity contribution in [1.82, 2.24) is 19.6 Å². The predicted octanol–water partition coefficient (Wildman–Crippen LogP) is 3.02. The Labute approximate surface area is 167 Å². The maximum Gasteiger partial charge on any atom is 0.251 e. The highest BCUT2D eigenvalue weighted by atomic mass is 16.5. The quantitative estimate of drug-likeness (QED) is 0.529. The van der Waals surface area contributed by atoms with Crippen molar-refractivity contribution < 1.29 is 4.74 Å². The van der Waals surface area contributed by atoms with Crippen LogP contribution >= 0.6 is 0 Å². The highest BCUT2D eigenvalue weighted by Gasteiger charge is 2.17. The summed E-state index contributed by atoms with van der Waals surface area (Å²) in [6.45, 7) is 0.326. The Morgan fingerprint density at radius 3 is 2.59 bits per heavy atom. The number of hydrogen-bond acceptors (Lipinski definition) is 5. The first-order valence-electron chi connectivity index (χ1n) is 8.95. The summed E-state index contributed by atoms with van der Waals surface area (Å²) in [5.41, 5.74) is 2.63. The van der Waals surface area contributed by atoms with E-state index in [4.69, 9.17) is 4.74 Å². The lowest BCUT2D eigenvalue weighted by Crippen LogP contribution is -2.19. The molecule has 2 aromatic heterocycles. The van der Waals surface area contributed by atoms with Crippen LogP contribution in [0.4, 0.5) is 0 Å². The normalized spacial score (nSPS) is 10.5. The van der Waals surface area contributed by atoms with Gasteiger partial charge in [0.1, 0.15) is 0 Å². The van der Waals surface area contributed by atoms with Crippen LogP contribution in [0.1, 0.15) is 11.1 Å². The van der Waals surface area contributed by atoms with Crippen molar-refractivity contribution in [1.29, 1.82) is 5.26 Å². The summed E-state index contributed by atoms with van der Waals surface area (Å²) < 4.78 is 8.56. The SMILES string of the molecule is COc1cn(Cc2ccccc2C#N)nc(-c2ccnn2-c2ccccc2)c1=O. The third kappa shape index (κ3) is 3.51. The maximum atomic E-state index is 12.9. The van der Waals surface area contributed by atoms with E-state index in [1.165, 1.54) is 7.11 Å². The topological polar surface area (TPSA) is 85.7 Å².